The molecule has 1 aliphatic heterocycles. The summed E-state index contributed by atoms with van der Waals surface area (Å²) in [5, 5.41) is 16.5. The van der Waals surface area contributed by atoms with Gasteiger partial charge in [-0.1, -0.05) is 0 Å². The fraction of sp³-hybridized carbons (Fsp3) is 0.444. The summed E-state index contributed by atoms with van der Waals surface area (Å²) in [6.07, 6.45) is 3.20. The summed E-state index contributed by atoms with van der Waals surface area (Å²) in [7, 11) is 0. The van der Waals surface area contributed by atoms with Crippen molar-refractivity contribution in [1.29, 1.82) is 0 Å². The quantitative estimate of drug-likeness (QED) is 0.664. The molecule has 0 radical (unpaired) electrons. The molecule has 0 unspecified atom stereocenters. The summed E-state index contributed by atoms with van der Waals surface area (Å²) in [4.78, 5) is 13.4. The molecule has 1 aliphatic rings. The lowest BCUT2D eigenvalue weighted by molar-refractivity contribution is 0.0764. The third-order valence-corrected chi connectivity index (χ3v) is 2.28. The number of carbonyl (C=O) groups is 1. The monoisotopic (exact) mass is 193 g/mol. The van der Waals surface area contributed by atoms with Crippen molar-refractivity contribution in [1.82, 2.24) is 15.1 Å². The zero-order chi connectivity index (χ0) is 9.97. The van der Waals surface area contributed by atoms with Crippen LogP contribution in [0.25, 0.3) is 0 Å². The zero-order valence-electron chi connectivity index (χ0n) is 7.63. The Morgan fingerprint density at radius 3 is 3.00 bits per heavy atom. The molecule has 1 fully saturated rings. The van der Waals surface area contributed by atoms with Crippen molar-refractivity contribution in [3.63, 3.8) is 0 Å². The third-order valence-electron chi connectivity index (χ3n) is 2.28. The third kappa shape index (κ3) is 1.72. The summed E-state index contributed by atoms with van der Waals surface area (Å²) in [5.41, 5.74) is 0.522. The van der Waals surface area contributed by atoms with Gasteiger partial charge in [-0.2, -0.15) is 10.2 Å². The average Bonchev–Trinajstić information content (AvgIpc) is 2.65. The number of hydrogen-bond donors (Lipinski definition) is 1. The minimum atomic E-state index is -0.381. The molecule has 1 aromatic heterocycles. The molecule has 2 rings (SSSR count). The van der Waals surface area contributed by atoms with Gasteiger partial charge < -0.3 is 10.0 Å². The summed E-state index contributed by atoms with van der Waals surface area (Å²) in [6.45, 7) is 1.03. The Hall–Kier alpha value is -1.49. The van der Waals surface area contributed by atoms with E-state index in [1.54, 1.807) is 11.0 Å². The van der Waals surface area contributed by atoms with Gasteiger partial charge in [0.05, 0.1) is 24.1 Å². The Morgan fingerprint density at radius 2 is 2.43 bits per heavy atom. The number of amides is 1. The van der Waals surface area contributed by atoms with E-state index >= 15 is 0 Å². The van der Waals surface area contributed by atoms with Crippen molar-refractivity contribution in [3.8, 4) is 0 Å². The first-order chi connectivity index (χ1) is 6.77. The van der Waals surface area contributed by atoms with Crippen LogP contribution in [0.2, 0.25) is 0 Å². The van der Waals surface area contributed by atoms with Crippen LogP contribution in [-0.4, -0.2) is 45.3 Å². The highest BCUT2D eigenvalue weighted by Gasteiger charge is 2.25. The molecule has 5 nitrogen and oxygen atoms in total. The van der Waals surface area contributed by atoms with Crippen molar-refractivity contribution in [3.05, 3.63) is 24.0 Å². The van der Waals surface area contributed by atoms with E-state index < -0.39 is 0 Å². The molecular formula is C9H11N3O2. The number of hydrogen-bond acceptors (Lipinski definition) is 4. The van der Waals surface area contributed by atoms with E-state index in [1.807, 2.05) is 0 Å². The minimum absolute atomic E-state index is 0.0866. The highest BCUT2D eigenvalue weighted by molar-refractivity contribution is 5.93. The number of aliphatic hydroxyl groups excluding tert-OH is 1. The van der Waals surface area contributed by atoms with Crippen LogP contribution < -0.4 is 0 Å². The zero-order valence-corrected chi connectivity index (χ0v) is 7.63. The number of carbonyl (C=O) groups excluding carboxylic acids is 1. The molecule has 74 valence electrons. The number of β-amino-alcohol motifs (C(OH)–C–C–N with tert-alkyl or cyclic N) is 1. The predicted octanol–water partition coefficient (Wildman–Crippen LogP) is -0.317. The second kappa shape index (κ2) is 3.71. The average molecular weight is 193 g/mol. The highest BCUT2D eigenvalue weighted by atomic mass is 16.3. The van der Waals surface area contributed by atoms with E-state index in [0.29, 0.717) is 25.1 Å². The predicted molar refractivity (Wildman–Crippen MR) is 48.6 cm³/mol. The molecule has 5 heteroatoms. The minimum Gasteiger partial charge on any atom is -0.391 e. The highest BCUT2D eigenvalue weighted by Crippen LogP contribution is 2.12. The van der Waals surface area contributed by atoms with Gasteiger partial charge in [0, 0.05) is 13.1 Å². The van der Waals surface area contributed by atoms with Crippen LogP contribution in [-0.2, 0) is 0 Å². The molecule has 2 heterocycles. The first-order valence-corrected chi connectivity index (χ1v) is 4.51. The van der Waals surface area contributed by atoms with Crippen LogP contribution in [0.1, 0.15) is 16.8 Å². The summed E-state index contributed by atoms with van der Waals surface area (Å²) in [5.74, 6) is -0.0866. The van der Waals surface area contributed by atoms with Crippen molar-refractivity contribution in [2.75, 3.05) is 13.1 Å². The van der Waals surface area contributed by atoms with Crippen LogP contribution in [0.3, 0.4) is 0 Å². The molecule has 14 heavy (non-hydrogen) atoms. The molecule has 0 aliphatic carbocycles. The standard InChI is InChI=1S/C9H11N3O2/c13-8-2-4-12(6-8)9(14)7-1-3-10-11-5-7/h1,3,5,8,13H,2,4,6H2/t8-/m0/s1. The molecule has 0 bridgehead atoms. The topological polar surface area (TPSA) is 66.3 Å². The van der Waals surface area contributed by atoms with Gasteiger partial charge in [0.1, 0.15) is 0 Å². The second-order valence-electron chi connectivity index (χ2n) is 3.32. The molecule has 1 atom stereocenters. The van der Waals surface area contributed by atoms with E-state index in [0.717, 1.165) is 0 Å². The van der Waals surface area contributed by atoms with Gasteiger partial charge in [-0.3, -0.25) is 4.79 Å². The Morgan fingerprint density at radius 1 is 1.57 bits per heavy atom. The maximum absolute atomic E-state index is 11.7. The summed E-state index contributed by atoms with van der Waals surface area (Å²) >= 11 is 0. The number of nitrogens with zero attached hydrogens (tertiary/aromatic N) is 3. The Balaban J connectivity index is 2.10. The van der Waals surface area contributed by atoms with Crippen LogP contribution in [0.15, 0.2) is 18.5 Å². The fourth-order valence-electron chi connectivity index (χ4n) is 1.53. The smallest absolute Gasteiger partial charge is 0.255 e. The van der Waals surface area contributed by atoms with Crippen LogP contribution in [0.4, 0.5) is 0 Å². The van der Waals surface area contributed by atoms with Gasteiger partial charge in [-0.05, 0) is 12.5 Å². The summed E-state index contributed by atoms with van der Waals surface area (Å²) in [6, 6.07) is 1.63. The Labute approximate surface area is 81.4 Å². The summed E-state index contributed by atoms with van der Waals surface area (Å²) < 4.78 is 0. The van der Waals surface area contributed by atoms with Gasteiger partial charge in [0.25, 0.3) is 5.91 Å². The molecule has 1 N–H and O–H groups in total. The molecule has 1 aromatic rings. The lowest BCUT2D eigenvalue weighted by Gasteiger charge is -2.14. The largest absolute Gasteiger partial charge is 0.391 e. The lowest BCUT2D eigenvalue weighted by atomic mass is 10.3. The van der Waals surface area contributed by atoms with Crippen molar-refractivity contribution < 1.29 is 9.90 Å². The maximum Gasteiger partial charge on any atom is 0.255 e. The molecule has 1 amide bonds. The van der Waals surface area contributed by atoms with E-state index in [4.69, 9.17) is 0 Å². The Bertz CT molecular complexity index is 328. The molecular weight excluding hydrogens is 182 g/mol. The van der Waals surface area contributed by atoms with E-state index in [9.17, 15) is 9.90 Å². The van der Waals surface area contributed by atoms with Gasteiger partial charge in [0.2, 0.25) is 0 Å². The van der Waals surface area contributed by atoms with Gasteiger partial charge in [0.15, 0.2) is 0 Å². The van der Waals surface area contributed by atoms with Crippen molar-refractivity contribution in [2.24, 2.45) is 0 Å². The number of aromatic nitrogens is 2. The van der Waals surface area contributed by atoms with Crippen LogP contribution >= 0.6 is 0 Å². The van der Waals surface area contributed by atoms with E-state index in [-0.39, 0.29) is 12.0 Å². The number of likely N-dealkylation sites (tertiary alicyclic amines) is 1. The molecule has 0 spiro atoms. The fourth-order valence-corrected chi connectivity index (χ4v) is 1.53. The number of rotatable bonds is 1. The molecule has 0 aromatic carbocycles. The van der Waals surface area contributed by atoms with Crippen LogP contribution in [0.5, 0.6) is 0 Å². The van der Waals surface area contributed by atoms with Crippen molar-refractivity contribution >= 4 is 5.91 Å². The van der Waals surface area contributed by atoms with Gasteiger partial charge >= 0.3 is 0 Å². The van der Waals surface area contributed by atoms with Gasteiger partial charge in [-0.15, -0.1) is 0 Å². The van der Waals surface area contributed by atoms with Crippen LogP contribution in [0, 0.1) is 0 Å². The second-order valence-corrected chi connectivity index (χ2v) is 3.32. The lowest BCUT2D eigenvalue weighted by Crippen LogP contribution is -2.29. The van der Waals surface area contributed by atoms with E-state index in [1.165, 1.54) is 12.4 Å². The van der Waals surface area contributed by atoms with Gasteiger partial charge in [-0.25, -0.2) is 0 Å². The molecule has 0 saturated carbocycles. The molecule has 1 saturated heterocycles. The Kier molecular flexibility index (Phi) is 2.41. The first-order valence-electron chi connectivity index (χ1n) is 4.51. The number of aliphatic hydroxyl groups is 1. The first kappa shape index (κ1) is 9.08. The maximum atomic E-state index is 11.7. The normalized spacial score (nSPS) is 21.2. The SMILES string of the molecule is O=C(c1ccnnc1)N1CC[C@H](O)C1. The van der Waals surface area contributed by atoms with E-state index in [2.05, 4.69) is 10.2 Å². The van der Waals surface area contributed by atoms with Crippen molar-refractivity contribution in [2.45, 2.75) is 12.5 Å².